The SMILES string of the molecule is CCC(C)OC(=O)C(O)CCN. The van der Waals surface area contributed by atoms with Crippen LogP contribution in [0.3, 0.4) is 0 Å². The average molecular weight is 175 g/mol. The fourth-order valence-corrected chi connectivity index (χ4v) is 0.636. The van der Waals surface area contributed by atoms with E-state index in [0.717, 1.165) is 6.42 Å². The van der Waals surface area contributed by atoms with Gasteiger partial charge in [0.15, 0.2) is 6.10 Å². The lowest BCUT2D eigenvalue weighted by molar-refractivity contribution is -0.158. The first kappa shape index (κ1) is 11.4. The van der Waals surface area contributed by atoms with Crippen molar-refractivity contribution in [2.45, 2.75) is 38.9 Å². The van der Waals surface area contributed by atoms with Crippen LogP contribution in [0.15, 0.2) is 0 Å². The predicted molar refractivity (Wildman–Crippen MR) is 45.5 cm³/mol. The molecule has 0 aliphatic heterocycles. The van der Waals surface area contributed by atoms with E-state index in [4.69, 9.17) is 15.6 Å². The quantitative estimate of drug-likeness (QED) is 0.578. The smallest absolute Gasteiger partial charge is 0.335 e. The number of aliphatic hydroxyl groups is 1. The van der Waals surface area contributed by atoms with Crippen LogP contribution in [0.5, 0.6) is 0 Å². The third-order valence-electron chi connectivity index (χ3n) is 1.60. The number of nitrogens with two attached hydrogens (primary N) is 1. The summed E-state index contributed by atoms with van der Waals surface area (Å²) in [5, 5.41) is 9.11. The summed E-state index contributed by atoms with van der Waals surface area (Å²) in [5.74, 6) is -0.574. The van der Waals surface area contributed by atoms with Gasteiger partial charge in [-0.15, -0.1) is 0 Å². The highest BCUT2D eigenvalue weighted by Crippen LogP contribution is 2.00. The van der Waals surface area contributed by atoms with Gasteiger partial charge in [0.05, 0.1) is 6.10 Å². The van der Waals surface area contributed by atoms with Crippen LogP contribution in [0.2, 0.25) is 0 Å². The molecule has 0 aliphatic rings. The van der Waals surface area contributed by atoms with Crippen molar-refractivity contribution >= 4 is 5.97 Å². The molecule has 0 aliphatic carbocycles. The Morgan fingerprint density at radius 3 is 2.67 bits per heavy atom. The predicted octanol–water partition coefficient (Wildman–Crippen LogP) is 0.0378. The van der Waals surface area contributed by atoms with Crippen molar-refractivity contribution in [1.29, 1.82) is 0 Å². The number of aliphatic hydroxyl groups excluding tert-OH is 1. The van der Waals surface area contributed by atoms with E-state index in [1.54, 1.807) is 6.92 Å². The summed E-state index contributed by atoms with van der Waals surface area (Å²) >= 11 is 0. The van der Waals surface area contributed by atoms with Crippen molar-refractivity contribution in [2.75, 3.05) is 6.54 Å². The van der Waals surface area contributed by atoms with E-state index in [-0.39, 0.29) is 19.1 Å². The molecular weight excluding hydrogens is 158 g/mol. The molecule has 0 rings (SSSR count). The minimum Gasteiger partial charge on any atom is -0.461 e. The van der Waals surface area contributed by atoms with Crippen LogP contribution in [-0.2, 0) is 9.53 Å². The molecule has 0 aromatic carbocycles. The maximum absolute atomic E-state index is 11.0. The number of hydrogen-bond acceptors (Lipinski definition) is 4. The first-order valence-corrected chi connectivity index (χ1v) is 4.20. The molecule has 0 saturated carbocycles. The van der Waals surface area contributed by atoms with Gasteiger partial charge in [-0.2, -0.15) is 0 Å². The lowest BCUT2D eigenvalue weighted by Gasteiger charge is -2.13. The van der Waals surface area contributed by atoms with Gasteiger partial charge in [0.2, 0.25) is 0 Å². The zero-order valence-electron chi connectivity index (χ0n) is 7.62. The highest BCUT2D eigenvalue weighted by molar-refractivity contribution is 5.74. The number of hydrogen-bond donors (Lipinski definition) is 2. The Labute approximate surface area is 72.7 Å². The molecule has 0 amide bonds. The fraction of sp³-hybridized carbons (Fsp3) is 0.875. The molecule has 0 aromatic heterocycles. The second-order valence-corrected chi connectivity index (χ2v) is 2.75. The van der Waals surface area contributed by atoms with Gasteiger partial charge in [-0.05, 0) is 26.3 Å². The molecule has 2 unspecified atom stereocenters. The Bertz CT molecular complexity index is 138. The maximum atomic E-state index is 11.0. The molecule has 0 bridgehead atoms. The molecule has 0 heterocycles. The summed E-state index contributed by atoms with van der Waals surface area (Å²) in [5.41, 5.74) is 5.16. The van der Waals surface area contributed by atoms with Gasteiger partial charge >= 0.3 is 5.97 Å². The van der Waals surface area contributed by atoms with E-state index >= 15 is 0 Å². The van der Waals surface area contributed by atoms with Crippen LogP contribution >= 0.6 is 0 Å². The van der Waals surface area contributed by atoms with E-state index in [2.05, 4.69) is 0 Å². The molecule has 2 atom stereocenters. The molecule has 0 saturated heterocycles. The van der Waals surface area contributed by atoms with Gasteiger partial charge in [-0.25, -0.2) is 4.79 Å². The summed E-state index contributed by atoms with van der Waals surface area (Å²) in [6.45, 7) is 3.98. The molecule has 3 N–H and O–H groups in total. The first-order chi connectivity index (χ1) is 5.61. The molecular formula is C8H17NO3. The van der Waals surface area contributed by atoms with Crippen LogP contribution in [0.1, 0.15) is 26.7 Å². The highest BCUT2D eigenvalue weighted by Gasteiger charge is 2.17. The topological polar surface area (TPSA) is 72.5 Å². The minimum absolute atomic E-state index is 0.134. The normalized spacial score (nSPS) is 15.3. The van der Waals surface area contributed by atoms with Crippen LogP contribution in [0.4, 0.5) is 0 Å². The summed E-state index contributed by atoms with van der Waals surface area (Å²) in [4.78, 5) is 11.0. The van der Waals surface area contributed by atoms with Crippen LogP contribution in [0, 0.1) is 0 Å². The summed E-state index contributed by atoms with van der Waals surface area (Å²) in [7, 11) is 0. The summed E-state index contributed by atoms with van der Waals surface area (Å²) in [6.07, 6.45) is -0.190. The molecule has 0 spiro atoms. The number of carbonyl (C=O) groups is 1. The van der Waals surface area contributed by atoms with Crippen LogP contribution in [0.25, 0.3) is 0 Å². The Hall–Kier alpha value is -0.610. The third-order valence-corrected chi connectivity index (χ3v) is 1.60. The number of ether oxygens (including phenoxy) is 1. The fourth-order valence-electron chi connectivity index (χ4n) is 0.636. The molecule has 72 valence electrons. The van der Waals surface area contributed by atoms with Crippen molar-refractivity contribution in [3.05, 3.63) is 0 Å². The Morgan fingerprint density at radius 1 is 1.67 bits per heavy atom. The summed E-state index contributed by atoms with van der Waals surface area (Å²) in [6, 6.07) is 0. The molecule has 0 radical (unpaired) electrons. The van der Waals surface area contributed by atoms with Gasteiger partial charge < -0.3 is 15.6 Å². The minimum atomic E-state index is -1.07. The number of carbonyl (C=O) groups excluding carboxylic acids is 1. The first-order valence-electron chi connectivity index (χ1n) is 4.20. The van der Waals surface area contributed by atoms with Gasteiger partial charge in [0.1, 0.15) is 0 Å². The van der Waals surface area contributed by atoms with E-state index in [0.29, 0.717) is 0 Å². The molecule has 0 fully saturated rings. The van der Waals surface area contributed by atoms with Gasteiger partial charge in [0.25, 0.3) is 0 Å². The lowest BCUT2D eigenvalue weighted by Crippen LogP contribution is -2.28. The van der Waals surface area contributed by atoms with Gasteiger partial charge in [-0.1, -0.05) is 6.92 Å². The molecule has 4 nitrogen and oxygen atoms in total. The zero-order valence-corrected chi connectivity index (χ0v) is 7.62. The van der Waals surface area contributed by atoms with Gasteiger partial charge in [0, 0.05) is 0 Å². The monoisotopic (exact) mass is 175 g/mol. The van der Waals surface area contributed by atoms with Gasteiger partial charge in [-0.3, -0.25) is 0 Å². The van der Waals surface area contributed by atoms with Crippen molar-refractivity contribution < 1.29 is 14.6 Å². The lowest BCUT2D eigenvalue weighted by atomic mass is 10.2. The molecule has 4 heteroatoms. The number of rotatable bonds is 5. The summed E-state index contributed by atoms with van der Waals surface area (Å²) < 4.78 is 4.87. The van der Waals surface area contributed by atoms with E-state index < -0.39 is 12.1 Å². The van der Waals surface area contributed by atoms with Crippen molar-refractivity contribution in [1.82, 2.24) is 0 Å². The molecule has 0 aromatic rings. The number of esters is 1. The Kier molecular flexibility index (Phi) is 5.66. The second-order valence-electron chi connectivity index (χ2n) is 2.75. The second kappa shape index (κ2) is 5.97. The Balaban J connectivity index is 3.70. The van der Waals surface area contributed by atoms with E-state index in [1.165, 1.54) is 0 Å². The largest absolute Gasteiger partial charge is 0.461 e. The van der Waals surface area contributed by atoms with Crippen LogP contribution in [-0.4, -0.2) is 29.8 Å². The zero-order chi connectivity index (χ0) is 9.56. The molecule has 12 heavy (non-hydrogen) atoms. The highest BCUT2D eigenvalue weighted by atomic mass is 16.6. The van der Waals surface area contributed by atoms with Crippen molar-refractivity contribution in [3.8, 4) is 0 Å². The van der Waals surface area contributed by atoms with Crippen LogP contribution < -0.4 is 5.73 Å². The standard InChI is InChI=1S/C8H17NO3/c1-3-6(2)12-8(11)7(10)4-5-9/h6-7,10H,3-5,9H2,1-2H3. The van der Waals surface area contributed by atoms with Crippen molar-refractivity contribution in [2.24, 2.45) is 5.73 Å². The maximum Gasteiger partial charge on any atom is 0.335 e. The van der Waals surface area contributed by atoms with E-state index in [9.17, 15) is 4.79 Å². The average Bonchev–Trinajstić information content (AvgIpc) is 2.04. The van der Waals surface area contributed by atoms with E-state index in [1.807, 2.05) is 6.92 Å². The van der Waals surface area contributed by atoms with Crippen molar-refractivity contribution in [3.63, 3.8) is 0 Å². The third kappa shape index (κ3) is 4.31. The Morgan fingerprint density at radius 2 is 2.25 bits per heavy atom.